The number of hydrogen-bond acceptors (Lipinski definition) is 4. The van der Waals surface area contributed by atoms with E-state index in [1.165, 1.54) is 6.08 Å². The van der Waals surface area contributed by atoms with Gasteiger partial charge in [-0.1, -0.05) is 42.2 Å². The minimum absolute atomic E-state index is 0.00165. The lowest BCUT2D eigenvalue weighted by Crippen LogP contribution is -2.23. The number of anilines is 1. The molecule has 0 aliphatic carbocycles. The first-order valence-electron chi connectivity index (χ1n) is 8.29. The fourth-order valence-electron chi connectivity index (χ4n) is 2.42. The summed E-state index contributed by atoms with van der Waals surface area (Å²) in [5, 5.41) is 1.12. The van der Waals surface area contributed by atoms with Crippen molar-refractivity contribution in [1.29, 1.82) is 0 Å². The van der Waals surface area contributed by atoms with Crippen molar-refractivity contribution in [3.05, 3.63) is 71.1 Å². The normalized spacial score (nSPS) is 14.1. The molecule has 1 aliphatic heterocycles. The van der Waals surface area contributed by atoms with Crippen molar-refractivity contribution in [2.45, 2.75) is 0 Å². The molecule has 0 radical (unpaired) electrons. The molecule has 2 aromatic carbocycles. The Hall–Kier alpha value is -3.08. The second-order valence-electron chi connectivity index (χ2n) is 5.69. The average molecular weight is 382 g/mol. The van der Waals surface area contributed by atoms with Crippen molar-refractivity contribution < 1.29 is 17.9 Å². The van der Waals surface area contributed by atoms with Gasteiger partial charge in [0.25, 0.3) is 0 Å². The largest absolute Gasteiger partial charge is 0.447 e. The molecule has 27 heavy (non-hydrogen) atoms. The smallest absolute Gasteiger partial charge is 0.414 e. The molecule has 138 valence electrons. The van der Waals surface area contributed by atoms with Crippen molar-refractivity contribution in [3.8, 4) is 11.8 Å². The highest BCUT2D eigenvalue weighted by Gasteiger charge is 2.23. The van der Waals surface area contributed by atoms with E-state index in [0.29, 0.717) is 13.2 Å². The Bertz CT molecular complexity index is 988. The van der Waals surface area contributed by atoms with Crippen LogP contribution in [0.2, 0.25) is 0 Å². The third kappa shape index (κ3) is 5.45. The van der Waals surface area contributed by atoms with Gasteiger partial charge in [-0.05, 0) is 35.9 Å². The van der Waals surface area contributed by atoms with Crippen molar-refractivity contribution in [2.24, 2.45) is 0 Å². The summed E-state index contributed by atoms with van der Waals surface area (Å²) in [5.41, 5.74) is 2.27. The fraction of sp³-hybridized carbons (Fsp3) is 0.150. The quantitative estimate of drug-likeness (QED) is 0.807. The Morgan fingerprint density at radius 2 is 1.85 bits per heavy atom. The number of carbonyl (C=O) groups excluding carboxylic acids is 1. The maximum absolute atomic E-state index is 11.9. The van der Waals surface area contributed by atoms with Gasteiger partial charge in [0.05, 0.1) is 13.1 Å². The maximum atomic E-state index is 11.9. The molecular formula is C20H18N2O4S. The highest BCUT2D eigenvalue weighted by atomic mass is 32.2. The third-order valence-corrected chi connectivity index (χ3v) is 4.81. The van der Waals surface area contributed by atoms with E-state index in [1.807, 2.05) is 30.3 Å². The van der Waals surface area contributed by atoms with E-state index in [-0.39, 0.29) is 12.6 Å². The monoisotopic (exact) mass is 382 g/mol. The zero-order valence-corrected chi connectivity index (χ0v) is 15.3. The molecule has 0 aromatic heterocycles. The molecule has 0 spiro atoms. The Morgan fingerprint density at radius 3 is 2.52 bits per heavy atom. The summed E-state index contributed by atoms with van der Waals surface area (Å²) in [7, 11) is -3.55. The van der Waals surface area contributed by atoms with Crippen LogP contribution in [0.25, 0.3) is 6.08 Å². The SMILES string of the molecule is O=C1OCCN1c1ccc(C#CCNS(=O)(=O)/C=C/c2ccccc2)cc1. The van der Waals surface area contributed by atoms with E-state index < -0.39 is 10.0 Å². The minimum atomic E-state index is -3.55. The van der Waals surface area contributed by atoms with Crippen LogP contribution in [0, 0.1) is 11.8 Å². The first-order valence-corrected chi connectivity index (χ1v) is 9.84. The van der Waals surface area contributed by atoms with Crippen LogP contribution >= 0.6 is 0 Å². The Morgan fingerprint density at radius 1 is 1.11 bits per heavy atom. The van der Waals surface area contributed by atoms with Gasteiger partial charge < -0.3 is 4.74 Å². The van der Waals surface area contributed by atoms with Gasteiger partial charge in [-0.2, -0.15) is 4.72 Å². The molecule has 6 nitrogen and oxygen atoms in total. The Kier molecular flexibility index (Phi) is 5.91. The minimum Gasteiger partial charge on any atom is -0.447 e. The molecule has 0 saturated carbocycles. The summed E-state index contributed by atoms with van der Waals surface area (Å²) in [6.07, 6.45) is 1.17. The van der Waals surface area contributed by atoms with E-state index in [0.717, 1.165) is 22.2 Å². The number of nitrogens with one attached hydrogen (secondary N) is 1. The van der Waals surface area contributed by atoms with Gasteiger partial charge in [0.1, 0.15) is 6.61 Å². The fourth-order valence-corrected chi connectivity index (χ4v) is 3.12. The highest BCUT2D eigenvalue weighted by Crippen LogP contribution is 2.18. The molecule has 3 rings (SSSR count). The van der Waals surface area contributed by atoms with Crippen molar-refractivity contribution in [1.82, 2.24) is 4.72 Å². The summed E-state index contributed by atoms with van der Waals surface area (Å²) in [6.45, 7) is 0.920. The first-order chi connectivity index (χ1) is 13.0. The first kappa shape index (κ1) is 18.7. The van der Waals surface area contributed by atoms with Crippen LogP contribution < -0.4 is 9.62 Å². The van der Waals surface area contributed by atoms with Gasteiger partial charge in [-0.15, -0.1) is 0 Å². The molecule has 0 bridgehead atoms. The second kappa shape index (κ2) is 8.54. The number of benzene rings is 2. The van der Waals surface area contributed by atoms with Crippen LogP contribution in [0.5, 0.6) is 0 Å². The zero-order chi connectivity index (χ0) is 19.1. The lowest BCUT2D eigenvalue weighted by molar-refractivity contribution is 0.181. The van der Waals surface area contributed by atoms with Crippen LogP contribution in [0.4, 0.5) is 10.5 Å². The van der Waals surface area contributed by atoms with Crippen molar-refractivity contribution >= 4 is 27.9 Å². The molecule has 0 unspecified atom stereocenters. The maximum Gasteiger partial charge on any atom is 0.414 e. The summed E-state index contributed by atoms with van der Waals surface area (Å²) < 4.78 is 31.1. The predicted molar refractivity (Wildman–Crippen MR) is 104 cm³/mol. The molecule has 2 aromatic rings. The highest BCUT2D eigenvalue weighted by molar-refractivity contribution is 7.92. The standard InChI is InChI=1S/C20H18N2O4S/c23-20-22(14-15-26-20)19-10-8-18(9-11-19)7-4-13-21-27(24,25)16-12-17-5-2-1-3-6-17/h1-3,5-6,8-12,16,21H,13-15H2/b16-12+. The van der Waals surface area contributed by atoms with Gasteiger partial charge in [-0.25, -0.2) is 13.2 Å². The summed E-state index contributed by atoms with van der Waals surface area (Å²) in [6, 6.07) is 16.3. The number of hydrogen-bond donors (Lipinski definition) is 1. The molecule has 1 N–H and O–H groups in total. The summed E-state index contributed by atoms with van der Waals surface area (Å²) >= 11 is 0. The van der Waals surface area contributed by atoms with Crippen molar-refractivity contribution in [2.75, 3.05) is 24.6 Å². The van der Waals surface area contributed by atoms with E-state index in [2.05, 4.69) is 16.6 Å². The number of ether oxygens (including phenoxy) is 1. The van der Waals surface area contributed by atoms with Gasteiger partial charge in [0, 0.05) is 16.7 Å². The number of carbonyl (C=O) groups is 1. The zero-order valence-electron chi connectivity index (χ0n) is 14.5. The van der Waals surface area contributed by atoms with E-state index >= 15 is 0 Å². The van der Waals surface area contributed by atoms with E-state index in [1.54, 1.807) is 29.2 Å². The second-order valence-corrected chi connectivity index (χ2v) is 7.35. The van der Waals surface area contributed by atoms with Gasteiger partial charge >= 0.3 is 6.09 Å². The molecule has 1 fully saturated rings. The van der Waals surface area contributed by atoms with Crippen LogP contribution in [-0.4, -0.2) is 34.2 Å². The Balaban J connectivity index is 1.54. The van der Waals surface area contributed by atoms with Gasteiger partial charge in [0.15, 0.2) is 0 Å². The van der Waals surface area contributed by atoms with Crippen LogP contribution in [0.1, 0.15) is 11.1 Å². The molecule has 1 aliphatic rings. The van der Waals surface area contributed by atoms with Crippen LogP contribution in [0.3, 0.4) is 0 Å². The lowest BCUT2D eigenvalue weighted by Gasteiger charge is -2.11. The van der Waals surface area contributed by atoms with Gasteiger partial charge in [0.2, 0.25) is 10.0 Å². The molecular weight excluding hydrogens is 364 g/mol. The topological polar surface area (TPSA) is 75.7 Å². The molecule has 1 saturated heterocycles. The number of sulfonamides is 1. The van der Waals surface area contributed by atoms with E-state index in [9.17, 15) is 13.2 Å². The Labute approximate surface area is 158 Å². The van der Waals surface area contributed by atoms with E-state index in [4.69, 9.17) is 4.74 Å². The van der Waals surface area contributed by atoms with Crippen molar-refractivity contribution in [3.63, 3.8) is 0 Å². The average Bonchev–Trinajstić information content (AvgIpc) is 3.11. The lowest BCUT2D eigenvalue weighted by atomic mass is 10.2. The molecule has 1 heterocycles. The predicted octanol–water partition coefficient (Wildman–Crippen LogP) is 2.59. The van der Waals surface area contributed by atoms with Crippen LogP contribution in [0.15, 0.2) is 60.0 Å². The number of rotatable bonds is 5. The molecule has 1 amide bonds. The van der Waals surface area contributed by atoms with Crippen LogP contribution in [-0.2, 0) is 14.8 Å². The summed E-state index contributed by atoms with van der Waals surface area (Å²) in [4.78, 5) is 13.1. The molecule has 7 heteroatoms. The molecule has 0 atom stereocenters. The number of amides is 1. The third-order valence-electron chi connectivity index (χ3n) is 3.77. The number of nitrogens with zero attached hydrogens (tertiary/aromatic N) is 1. The summed E-state index contributed by atoms with van der Waals surface area (Å²) in [5.74, 6) is 5.66. The number of cyclic esters (lactones) is 1. The van der Waals surface area contributed by atoms with Gasteiger partial charge in [-0.3, -0.25) is 4.90 Å².